The lowest BCUT2D eigenvalue weighted by Crippen LogP contribution is -2.23. The first-order valence-electron chi connectivity index (χ1n) is 9.75. The fourth-order valence-corrected chi connectivity index (χ4v) is 3.29. The van der Waals surface area contributed by atoms with Gasteiger partial charge >= 0.3 is 6.18 Å². The van der Waals surface area contributed by atoms with Crippen molar-refractivity contribution in [2.75, 3.05) is 19.4 Å². The molecule has 2 aromatic carbocycles. The highest BCUT2D eigenvalue weighted by Gasteiger charge is 2.34. The Labute approximate surface area is 179 Å². The Bertz CT molecular complexity index is 927. The van der Waals surface area contributed by atoms with E-state index in [0.29, 0.717) is 17.8 Å². The van der Waals surface area contributed by atoms with Crippen molar-refractivity contribution in [2.45, 2.75) is 39.0 Å². The lowest BCUT2D eigenvalue weighted by Gasteiger charge is -2.16. The molecule has 0 aromatic heterocycles. The number of hydrazine groups is 1. The molecule has 2 aromatic rings. The molecule has 0 fully saturated rings. The Hall–Kier alpha value is -3.07. The van der Waals surface area contributed by atoms with Crippen LogP contribution in [0.4, 0.5) is 18.9 Å². The number of anilines is 1. The Kier molecular flexibility index (Phi) is 8.44. The van der Waals surface area contributed by atoms with Gasteiger partial charge in [-0.15, -0.1) is 0 Å². The van der Waals surface area contributed by atoms with Crippen molar-refractivity contribution in [3.05, 3.63) is 64.2 Å². The highest BCUT2D eigenvalue weighted by Crippen LogP contribution is 2.35. The van der Waals surface area contributed by atoms with Gasteiger partial charge in [0.05, 0.1) is 11.3 Å². The lowest BCUT2D eigenvalue weighted by atomic mass is 10.0. The molecular weight excluding hydrogens is 409 g/mol. The Morgan fingerprint density at radius 2 is 1.94 bits per heavy atom. The van der Waals surface area contributed by atoms with Crippen LogP contribution in [-0.2, 0) is 35.3 Å². The number of aryl methyl sites for hydroxylation is 2. The summed E-state index contributed by atoms with van der Waals surface area (Å²) in [5.41, 5.74) is 3.98. The van der Waals surface area contributed by atoms with Crippen molar-refractivity contribution in [2.24, 2.45) is 11.0 Å². The van der Waals surface area contributed by atoms with Gasteiger partial charge in [-0.1, -0.05) is 23.4 Å². The molecule has 0 unspecified atom stereocenters. The SMILES string of the molecule is CN(N)C=O.CNc1cccc(C(F)(F)F)c1CON=C(C)c1ccc2c(c1)CCC2. The predicted octanol–water partition coefficient (Wildman–Crippen LogP) is 4.12. The van der Waals surface area contributed by atoms with Crippen LogP contribution in [0.25, 0.3) is 0 Å². The van der Waals surface area contributed by atoms with E-state index in [1.807, 2.05) is 6.07 Å². The van der Waals surface area contributed by atoms with Crippen LogP contribution >= 0.6 is 0 Å². The second-order valence-corrected chi connectivity index (χ2v) is 7.14. The van der Waals surface area contributed by atoms with E-state index in [4.69, 9.17) is 10.7 Å². The smallest absolute Gasteiger partial charge is 0.391 e. The van der Waals surface area contributed by atoms with Gasteiger partial charge in [0.25, 0.3) is 0 Å². The second-order valence-electron chi connectivity index (χ2n) is 7.14. The molecule has 1 aliphatic rings. The fraction of sp³-hybridized carbons (Fsp3) is 0.364. The van der Waals surface area contributed by atoms with E-state index in [1.54, 1.807) is 20.0 Å². The van der Waals surface area contributed by atoms with Gasteiger partial charge < -0.3 is 10.2 Å². The summed E-state index contributed by atoms with van der Waals surface area (Å²) >= 11 is 0. The highest BCUT2D eigenvalue weighted by atomic mass is 19.4. The van der Waals surface area contributed by atoms with E-state index in [0.717, 1.165) is 35.9 Å². The largest absolute Gasteiger partial charge is 0.416 e. The summed E-state index contributed by atoms with van der Waals surface area (Å²) in [6.07, 6.45) is -0.595. The Morgan fingerprint density at radius 1 is 1.26 bits per heavy atom. The van der Waals surface area contributed by atoms with E-state index >= 15 is 0 Å². The zero-order valence-electron chi connectivity index (χ0n) is 17.8. The summed E-state index contributed by atoms with van der Waals surface area (Å²) in [6.45, 7) is 1.54. The third kappa shape index (κ3) is 6.71. The first-order chi connectivity index (χ1) is 14.7. The zero-order chi connectivity index (χ0) is 23.0. The summed E-state index contributed by atoms with van der Waals surface area (Å²) in [5.74, 6) is 4.76. The van der Waals surface area contributed by atoms with Gasteiger partial charge in [0.1, 0.15) is 6.61 Å². The molecule has 3 N–H and O–H groups in total. The number of carbonyl (C=O) groups is 1. The summed E-state index contributed by atoms with van der Waals surface area (Å²) in [5, 5.41) is 7.76. The second kappa shape index (κ2) is 10.8. The molecule has 3 rings (SSSR count). The number of carbonyl (C=O) groups excluding carboxylic acids is 1. The monoisotopic (exact) mass is 436 g/mol. The quantitative estimate of drug-likeness (QED) is 0.235. The summed E-state index contributed by atoms with van der Waals surface area (Å²) in [6, 6.07) is 10.2. The molecule has 0 spiro atoms. The van der Waals surface area contributed by atoms with E-state index in [-0.39, 0.29) is 12.2 Å². The minimum atomic E-state index is -4.44. The van der Waals surface area contributed by atoms with Crippen LogP contribution < -0.4 is 11.2 Å². The Morgan fingerprint density at radius 3 is 2.55 bits per heavy atom. The number of halogens is 3. The summed E-state index contributed by atoms with van der Waals surface area (Å²) in [4.78, 5) is 14.6. The van der Waals surface area contributed by atoms with Crippen LogP contribution in [0.15, 0.2) is 41.6 Å². The fourth-order valence-electron chi connectivity index (χ4n) is 3.29. The van der Waals surface area contributed by atoms with Crippen molar-refractivity contribution < 1.29 is 22.8 Å². The van der Waals surface area contributed by atoms with Crippen LogP contribution in [0.3, 0.4) is 0 Å². The maximum absolute atomic E-state index is 13.2. The molecule has 0 bridgehead atoms. The average Bonchev–Trinajstić information content (AvgIpc) is 3.21. The molecule has 0 saturated carbocycles. The average molecular weight is 436 g/mol. The molecule has 0 atom stereocenters. The minimum absolute atomic E-state index is 0.0491. The Balaban J connectivity index is 0.000000614. The van der Waals surface area contributed by atoms with Gasteiger partial charge in [0.15, 0.2) is 0 Å². The number of nitrogens with zero attached hydrogens (tertiary/aromatic N) is 2. The van der Waals surface area contributed by atoms with Crippen molar-refractivity contribution in [1.29, 1.82) is 0 Å². The van der Waals surface area contributed by atoms with E-state index in [9.17, 15) is 18.0 Å². The van der Waals surface area contributed by atoms with Crippen LogP contribution in [0, 0.1) is 0 Å². The predicted molar refractivity (Wildman–Crippen MR) is 114 cm³/mol. The van der Waals surface area contributed by atoms with E-state index in [2.05, 4.69) is 22.6 Å². The molecule has 31 heavy (non-hydrogen) atoms. The number of fused-ring (bicyclic) bond motifs is 1. The van der Waals surface area contributed by atoms with Crippen molar-refractivity contribution in [3.63, 3.8) is 0 Å². The number of hydrogen-bond donors (Lipinski definition) is 2. The molecule has 0 heterocycles. The molecular formula is C22H27F3N4O2. The van der Waals surface area contributed by atoms with Gasteiger partial charge in [-0.2, -0.15) is 13.2 Å². The molecule has 0 aliphatic heterocycles. The minimum Gasteiger partial charge on any atom is -0.391 e. The number of benzene rings is 2. The van der Waals surface area contributed by atoms with Crippen LogP contribution in [0.5, 0.6) is 0 Å². The van der Waals surface area contributed by atoms with Gasteiger partial charge in [-0.05, 0) is 61.1 Å². The molecule has 1 amide bonds. The van der Waals surface area contributed by atoms with Crippen LogP contribution in [-0.4, -0.2) is 31.2 Å². The molecule has 9 heteroatoms. The lowest BCUT2D eigenvalue weighted by molar-refractivity contribution is -0.138. The topological polar surface area (TPSA) is 80.0 Å². The third-order valence-corrected chi connectivity index (χ3v) is 4.84. The number of nitrogens with one attached hydrogen (secondary N) is 1. The number of nitrogens with two attached hydrogens (primary N) is 1. The van der Waals surface area contributed by atoms with Crippen molar-refractivity contribution >= 4 is 17.8 Å². The molecule has 168 valence electrons. The van der Waals surface area contributed by atoms with Crippen molar-refractivity contribution in [1.82, 2.24) is 5.01 Å². The zero-order valence-corrected chi connectivity index (χ0v) is 17.8. The van der Waals surface area contributed by atoms with E-state index < -0.39 is 11.7 Å². The number of rotatable bonds is 6. The molecule has 0 saturated heterocycles. The molecule has 0 radical (unpaired) electrons. The third-order valence-electron chi connectivity index (χ3n) is 4.84. The van der Waals surface area contributed by atoms with Gasteiger partial charge in [0, 0.05) is 25.3 Å². The van der Waals surface area contributed by atoms with E-state index in [1.165, 1.54) is 24.2 Å². The van der Waals surface area contributed by atoms with Crippen LogP contribution in [0.1, 0.15) is 41.2 Å². The first kappa shape index (κ1) is 24.2. The number of oxime groups is 1. The summed E-state index contributed by atoms with van der Waals surface area (Å²) in [7, 11) is 3.05. The maximum Gasteiger partial charge on any atom is 0.416 e. The van der Waals surface area contributed by atoms with Gasteiger partial charge in [0.2, 0.25) is 6.41 Å². The maximum atomic E-state index is 13.2. The molecule has 1 aliphatic carbocycles. The number of alkyl halides is 3. The normalized spacial score (nSPS) is 13.1. The van der Waals surface area contributed by atoms with Crippen molar-refractivity contribution in [3.8, 4) is 0 Å². The number of hydrogen-bond acceptors (Lipinski definition) is 5. The standard InChI is InChI=1S/C20H21F3N2O.C2H6N2O/c1-13(15-10-9-14-5-3-6-16(14)11-15)25-26-12-17-18(20(21,22)23)7-4-8-19(17)24-2;1-4(3)2-5/h4,7-11,24H,3,5-6,12H2,1-2H3;2H,3H2,1H3. The first-order valence-corrected chi connectivity index (χ1v) is 9.75. The van der Waals surface area contributed by atoms with Gasteiger partial charge in [-0.25, -0.2) is 5.84 Å². The van der Waals surface area contributed by atoms with Gasteiger partial charge in [-0.3, -0.25) is 9.80 Å². The molecule has 6 nitrogen and oxygen atoms in total. The highest BCUT2D eigenvalue weighted by molar-refractivity contribution is 5.98. The van der Waals surface area contributed by atoms with Crippen LogP contribution in [0.2, 0.25) is 0 Å². The number of amides is 1. The summed E-state index contributed by atoms with van der Waals surface area (Å²) < 4.78 is 39.7.